The number of methoxy groups -OCH3 is 1. The molecule has 0 aliphatic heterocycles. The van der Waals surface area contributed by atoms with Gasteiger partial charge in [-0.25, -0.2) is 0 Å². The normalized spacial score (nSPS) is 10.5. The third-order valence-corrected chi connectivity index (χ3v) is 2.37. The van der Waals surface area contributed by atoms with Crippen LogP contribution in [0.3, 0.4) is 0 Å². The zero-order chi connectivity index (χ0) is 13.3. The molecule has 0 radical (unpaired) electrons. The molecule has 1 aromatic carbocycles. The lowest BCUT2D eigenvalue weighted by atomic mass is 10.2. The second-order valence-corrected chi connectivity index (χ2v) is 3.61. The molecule has 18 heavy (non-hydrogen) atoms. The van der Waals surface area contributed by atoms with Crippen LogP contribution in [0.2, 0.25) is 0 Å². The predicted molar refractivity (Wildman–Crippen MR) is 60.8 cm³/mol. The van der Waals surface area contributed by atoms with Gasteiger partial charge in [0.25, 0.3) is 5.69 Å². The average Bonchev–Trinajstić information content (AvgIpc) is 2.68. The summed E-state index contributed by atoms with van der Waals surface area (Å²) in [5.74, 6) is -0.616. The maximum atomic E-state index is 10.7. The fraction of sp³-hybridized carbons (Fsp3) is 0.182. The van der Waals surface area contributed by atoms with Crippen LogP contribution in [0.5, 0.6) is 5.75 Å². The van der Waals surface area contributed by atoms with Crippen LogP contribution in [0, 0.1) is 10.1 Å². The maximum absolute atomic E-state index is 10.7. The van der Waals surface area contributed by atoms with Crippen molar-refractivity contribution in [2.75, 3.05) is 7.11 Å². The van der Waals surface area contributed by atoms with Gasteiger partial charge in [-0.15, -0.1) is 0 Å². The Morgan fingerprint density at radius 2 is 2.22 bits per heavy atom. The Morgan fingerprint density at radius 3 is 2.78 bits per heavy atom. The van der Waals surface area contributed by atoms with E-state index in [-0.39, 0.29) is 23.6 Å². The molecule has 0 bridgehead atoms. The third kappa shape index (κ3) is 2.10. The summed E-state index contributed by atoms with van der Waals surface area (Å²) in [5, 5.41) is 19.8. The highest BCUT2D eigenvalue weighted by atomic mass is 16.6. The molecule has 0 aliphatic carbocycles. The third-order valence-electron chi connectivity index (χ3n) is 2.37. The van der Waals surface area contributed by atoms with Crippen molar-refractivity contribution in [2.24, 2.45) is 0 Å². The van der Waals surface area contributed by atoms with Gasteiger partial charge in [0.1, 0.15) is 12.2 Å². The number of hydrogen-bond acceptors (Lipinski definition) is 5. The van der Waals surface area contributed by atoms with Gasteiger partial charge in [0.15, 0.2) is 11.3 Å². The van der Waals surface area contributed by atoms with Crippen LogP contribution in [0.15, 0.2) is 22.6 Å². The first-order valence-corrected chi connectivity index (χ1v) is 4.98. The Kier molecular flexibility index (Phi) is 2.88. The first-order valence-electron chi connectivity index (χ1n) is 4.98. The number of carbonyl (C=O) groups is 1. The van der Waals surface area contributed by atoms with Crippen LogP contribution >= 0.6 is 0 Å². The summed E-state index contributed by atoms with van der Waals surface area (Å²) in [7, 11) is 1.36. The smallest absolute Gasteiger partial charge is 0.311 e. The number of benzene rings is 1. The van der Waals surface area contributed by atoms with Crippen molar-refractivity contribution in [1.29, 1.82) is 0 Å². The van der Waals surface area contributed by atoms with E-state index in [9.17, 15) is 14.9 Å². The van der Waals surface area contributed by atoms with Crippen LogP contribution in [-0.2, 0) is 11.2 Å². The van der Waals surface area contributed by atoms with Crippen LogP contribution in [0.25, 0.3) is 11.0 Å². The van der Waals surface area contributed by atoms with Crippen molar-refractivity contribution in [3.63, 3.8) is 0 Å². The van der Waals surface area contributed by atoms with Crippen molar-refractivity contribution < 1.29 is 24.0 Å². The summed E-state index contributed by atoms with van der Waals surface area (Å²) in [5.41, 5.74) is 0.168. The second kappa shape index (κ2) is 4.36. The van der Waals surface area contributed by atoms with Gasteiger partial charge in [0.2, 0.25) is 0 Å². The van der Waals surface area contributed by atoms with Crippen LogP contribution in [0.4, 0.5) is 5.69 Å². The SMILES string of the molecule is COc1cc([N+](=O)[O-])cc2cc(CC(=O)O)oc12. The minimum atomic E-state index is -1.04. The number of nitrogens with zero attached hydrogens (tertiary/aromatic N) is 1. The molecule has 0 spiro atoms. The number of nitro benzene ring substituents is 1. The lowest BCUT2D eigenvalue weighted by Gasteiger charge is -2.00. The van der Waals surface area contributed by atoms with Crippen LogP contribution in [0.1, 0.15) is 5.76 Å². The monoisotopic (exact) mass is 251 g/mol. The summed E-state index contributed by atoms with van der Waals surface area (Å²) >= 11 is 0. The highest BCUT2D eigenvalue weighted by Crippen LogP contribution is 2.33. The van der Waals surface area contributed by atoms with E-state index in [2.05, 4.69) is 0 Å². The number of ether oxygens (including phenoxy) is 1. The summed E-state index contributed by atoms with van der Waals surface area (Å²) in [6, 6.07) is 4.00. The quantitative estimate of drug-likeness (QED) is 0.658. The van der Waals surface area contributed by atoms with Gasteiger partial charge in [0, 0.05) is 11.5 Å². The van der Waals surface area contributed by atoms with Gasteiger partial charge in [-0.05, 0) is 6.07 Å². The number of nitro groups is 1. The number of furan rings is 1. The molecule has 0 saturated heterocycles. The van der Waals surface area contributed by atoms with E-state index < -0.39 is 10.9 Å². The van der Waals surface area contributed by atoms with E-state index in [4.69, 9.17) is 14.3 Å². The number of fused-ring (bicyclic) bond motifs is 1. The van der Waals surface area contributed by atoms with Gasteiger partial charge >= 0.3 is 5.97 Å². The van der Waals surface area contributed by atoms with Crippen LogP contribution in [-0.4, -0.2) is 23.1 Å². The lowest BCUT2D eigenvalue weighted by molar-refractivity contribution is -0.384. The highest BCUT2D eigenvalue weighted by molar-refractivity contribution is 5.87. The Hall–Kier alpha value is -2.57. The molecule has 0 atom stereocenters. The fourth-order valence-corrected chi connectivity index (χ4v) is 1.65. The number of rotatable bonds is 4. The van der Waals surface area contributed by atoms with Crippen molar-refractivity contribution in [3.05, 3.63) is 34.1 Å². The molecule has 2 aromatic rings. The molecule has 1 heterocycles. The Balaban J connectivity index is 2.59. The molecule has 94 valence electrons. The van der Waals surface area contributed by atoms with E-state index in [1.807, 2.05) is 0 Å². The summed E-state index contributed by atoms with van der Waals surface area (Å²) in [6.45, 7) is 0. The Labute approximate surface area is 101 Å². The second-order valence-electron chi connectivity index (χ2n) is 3.61. The fourth-order valence-electron chi connectivity index (χ4n) is 1.65. The Bertz CT molecular complexity index is 630. The molecule has 0 aliphatic rings. The van der Waals surface area contributed by atoms with Gasteiger partial charge in [-0.1, -0.05) is 0 Å². The van der Waals surface area contributed by atoms with E-state index in [0.29, 0.717) is 11.0 Å². The molecule has 0 unspecified atom stereocenters. The van der Waals surface area contributed by atoms with Crippen molar-refractivity contribution in [1.82, 2.24) is 0 Å². The van der Waals surface area contributed by atoms with Gasteiger partial charge in [-0.3, -0.25) is 14.9 Å². The minimum absolute atomic E-state index is 0.137. The van der Waals surface area contributed by atoms with Crippen LogP contribution < -0.4 is 4.74 Å². The number of non-ortho nitro benzene ring substituents is 1. The molecule has 1 aromatic heterocycles. The number of carboxylic acids is 1. The van der Waals surface area contributed by atoms with E-state index in [1.165, 1.54) is 25.3 Å². The zero-order valence-electron chi connectivity index (χ0n) is 9.37. The summed E-state index contributed by atoms with van der Waals surface area (Å²) in [6.07, 6.45) is -0.286. The molecule has 2 rings (SSSR count). The van der Waals surface area contributed by atoms with Gasteiger partial charge < -0.3 is 14.3 Å². The average molecular weight is 251 g/mol. The largest absolute Gasteiger partial charge is 0.493 e. The first-order chi connectivity index (χ1) is 8.51. The predicted octanol–water partition coefficient (Wildman–Crippen LogP) is 1.98. The lowest BCUT2D eigenvalue weighted by Crippen LogP contribution is -1.97. The number of hydrogen-bond donors (Lipinski definition) is 1. The number of aliphatic carboxylic acids is 1. The highest BCUT2D eigenvalue weighted by Gasteiger charge is 2.17. The molecule has 0 saturated carbocycles. The van der Waals surface area contributed by atoms with Crippen molar-refractivity contribution in [2.45, 2.75) is 6.42 Å². The van der Waals surface area contributed by atoms with Crippen molar-refractivity contribution >= 4 is 22.6 Å². The standard InChI is InChI=1S/C11H9NO6/c1-17-9-4-7(12(15)16)2-6-3-8(5-10(13)14)18-11(6)9/h2-4H,5H2,1H3,(H,13,14). The maximum Gasteiger partial charge on any atom is 0.311 e. The topological polar surface area (TPSA) is 103 Å². The van der Waals surface area contributed by atoms with E-state index in [0.717, 1.165) is 0 Å². The van der Waals surface area contributed by atoms with E-state index in [1.54, 1.807) is 0 Å². The Morgan fingerprint density at radius 1 is 1.50 bits per heavy atom. The van der Waals surface area contributed by atoms with Gasteiger partial charge in [-0.2, -0.15) is 0 Å². The summed E-state index contributed by atoms with van der Waals surface area (Å²) in [4.78, 5) is 20.7. The number of carboxylic acid groups (broad SMARTS) is 1. The minimum Gasteiger partial charge on any atom is -0.493 e. The molecule has 7 heteroatoms. The molecule has 7 nitrogen and oxygen atoms in total. The first kappa shape index (κ1) is 11.9. The molecule has 1 N–H and O–H groups in total. The zero-order valence-corrected chi connectivity index (χ0v) is 9.37. The molecular weight excluding hydrogens is 242 g/mol. The molecular formula is C11H9NO6. The van der Waals surface area contributed by atoms with Gasteiger partial charge in [0.05, 0.1) is 18.1 Å². The van der Waals surface area contributed by atoms with E-state index >= 15 is 0 Å². The van der Waals surface area contributed by atoms with Crippen molar-refractivity contribution in [3.8, 4) is 5.75 Å². The molecule has 0 fully saturated rings. The summed E-state index contributed by atoms with van der Waals surface area (Å²) < 4.78 is 10.3. The molecule has 0 amide bonds.